The first-order valence-electron chi connectivity index (χ1n) is 8.72. The Labute approximate surface area is 149 Å². The number of carbonyl (C=O) groups excluding carboxylic acids is 1. The Morgan fingerprint density at radius 1 is 1.31 bits per heavy atom. The molecule has 0 radical (unpaired) electrons. The highest BCUT2D eigenvalue weighted by molar-refractivity contribution is 5.74. The maximum atomic E-state index is 13.6. The number of hydrogen-bond donors (Lipinski definition) is 2. The fraction of sp³-hybridized carbons (Fsp3) is 0.611. The maximum absolute atomic E-state index is 13.6. The summed E-state index contributed by atoms with van der Waals surface area (Å²) in [6.45, 7) is 0.849. The van der Waals surface area contributed by atoms with Crippen LogP contribution in [0.1, 0.15) is 44.6 Å². The molecule has 0 aliphatic heterocycles. The van der Waals surface area contributed by atoms with E-state index in [1.54, 1.807) is 0 Å². The van der Waals surface area contributed by atoms with Gasteiger partial charge >= 0.3 is 12.2 Å². The largest absolute Gasteiger partial charge is 0.481 e. The predicted octanol–water partition coefficient (Wildman–Crippen LogP) is 4.29. The van der Waals surface area contributed by atoms with Crippen molar-refractivity contribution in [2.75, 3.05) is 0 Å². The molecule has 0 saturated heterocycles. The van der Waals surface area contributed by atoms with Crippen LogP contribution in [0, 0.1) is 11.2 Å². The Hall–Kier alpha value is -1.99. The summed E-state index contributed by atoms with van der Waals surface area (Å²) in [5.74, 6) is -0.946. The Kier molecular flexibility index (Phi) is 5.03. The minimum atomic E-state index is -4.54. The number of ether oxygens (including phenoxy) is 1. The van der Waals surface area contributed by atoms with Crippen LogP contribution in [0.4, 0.5) is 22.4 Å². The normalized spacial score (nSPS) is 20.0. The van der Waals surface area contributed by atoms with Crippen LogP contribution in [0.5, 0.6) is 5.75 Å². The summed E-state index contributed by atoms with van der Waals surface area (Å²) < 4.78 is 56.0. The van der Waals surface area contributed by atoms with Gasteiger partial charge in [-0.25, -0.2) is 9.18 Å². The molecule has 1 aromatic rings. The lowest BCUT2D eigenvalue weighted by atomic mass is 9.54. The summed E-state index contributed by atoms with van der Waals surface area (Å²) in [6.07, 6.45) is -0.877. The summed E-state index contributed by atoms with van der Waals surface area (Å²) in [6, 6.07) is 3.13. The molecule has 1 unspecified atom stereocenters. The molecule has 0 aromatic heterocycles. The van der Waals surface area contributed by atoms with Crippen molar-refractivity contribution in [2.24, 2.45) is 5.41 Å². The van der Waals surface area contributed by atoms with Crippen molar-refractivity contribution in [2.45, 2.75) is 63.9 Å². The number of urea groups is 1. The van der Waals surface area contributed by atoms with E-state index in [2.05, 4.69) is 10.6 Å². The van der Waals surface area contributed by atoms with Gasteiger partial charge in [-0.1, -0.05) is 6.42 Å². The number of halogens is 4. The number of rotatable bonds is 5. The molecule has 3 rings (SSSR count). The Morgan fingerprint density at radius 2 is 2.00 bits per heavy atom. The van der Waals surface area contributed by atoms with Crippen LogP contribution in [-0.4, -0.2) is 24.4 Å². The number of benzene rings is 1. The third kappa shape index (κ3) is 4.40. The average Bonchev–Trinajstić information content (AvgIpc) is 2.45. The molecule has 2 N–H and O–H groups in total. The second-order valence-electron chi connectivity index (χ2n) is 7.38. The van der Waals surface area contributed by atoms with E-state index >= 15 is 0 Å². The fourth-order valence-electron chi connectivity index (χ4n) is 3.65. The number of nitrogens with one attached hydrogen (secondary N) is 2. The van der Waals surface area contributed by atoms with Gasteiger partial charge in [0.05, 0.1) is 0 Å². The Balaban J connectivity index is 1.48. The summed E-state index contributed by atoms with van der Waals surface area (Å²) in [7, 11) is 0. The van der Waals surface area contributed by atoms with Gasteiger partial charge < -0.3 is 15.4 Å². The first-order valence-corrected chi connectivity index (χ1v) is 8.72. The number of hydrogen-bond acceptors (Lipinski definition) is 2. The van der Waals surface area contributed by atoms with E-state index in [4.69, 9.17) is 4.74 Å². The Morgan fingerprint density at radius 3 is 2.58 bits per heavy atom. The minimum absolute atomic E-state index is 0.00177. The van der Waals surface area contributed by atoms with Crippen LogP contribution in [0.2, 0.25) is 0 Å². The number of alkyl halides is 3. The van der Waals surface area contributed by atoms with Gasteiger partial charge in [0.15, 0.2) is 6.10 Å². The minimum Gasteiger partial charge on any atom is -0.481 e. The highest BCUT2D eigenvalue weighted by atomic mass is 19.4. The van der Waals surface area contributed by atoms with E-state index in [1.807, 2.05) is 0 Å². The van der Waals surface area contributed by atoms with Crippen LogP contribution >= 0.6 is 0 Å². The van der Waals surface area contributed by atoms with Crippen LogP contribution in [0.15, 0.2) is 18.2 Å². The van der Waals surface area contributed by atoms with Gasteiger partial charge in [-0.15, -0.1) is 0 Å². The molecular weight excluding hydrogens is 352 g/mol. The predicted molar refractivity (Wildman–Crippen MR) is 87.2 cm³/mol. The lowest BCUT2D eigenvalue weighted by Crippen LogP contribution is -2.55. The lowest BCUT2D eigenvalue weighted by Gasteiger charge is -2.54. The molecule has 26 heavy (non-hydrogen) atoms. The lowest BCUT2D eigenvalue weighted by molar-refractivity contribution is -0.189. The highest BCUT2D eigenvalue weighted by Gasteiger charge is 2.48. The van der Waals surface area contributed by atoms with Gasteiger partial charge in [0.25, 0.3) is 0 Å². The highest BCUT2D eigenvalue weighted by Crippen LogP contribution is 2.55. The van der Waals surface area contributed by atoms with Crippen molar-refractivity contribution in [3.63, 3.8) is 0 Å². The topological polar surface area (TPSA) is 50.4 Å². The molecule has 2 aliphatic carbocycles. The van der Waals surface area contributed by atoms with E-state index in [0.29, 0.717) is 11.0 Å². The molecule has 144 valence electrons. The molecule has 1 atom stereocenters. The average molecular weight is 374 g/mol. The number of carbonyl (C=O) groups is 1. The van der Waals surface area contributed by atoms with E-state index in [0.717, 1.165) is 31.9 Å². The SMILES string of the molecule is CC(Oc1cc(F)cc(CNC(=O)NC2CC3(CCC3)C2)c1)C(F)(F)F. The molecule has 0 heterocycles. The van der Waals surface area contributed by atoms with Crippen LogP contribution in [-0.2, 0) is 6.54 Å². The first-order chi connectivity index (χ1) is 12.2. The van der Waals surface area contributed by atoms with Gasteiger partial charge in [0.1, 0.15) is 11.6 Å². The van der Waals surface area contributed by atoms with Crippen molar-refractivity contribution < 1.29 is 27.1 Å². The summed E-state index contributed by atoms with van der Waals surface area (Å²) in [5.41, 5.74) is 0.774. The van der Waals surface area contributed by atoms with Crippen molar-refractivity contribution in [1.29, 1.82) is 0 Å². The molecule has 2 amide bonds. The summed E-state index contributed by atoms with van der Waals surface area (Å²) >= 11 is 0. The molecule has 1 aromatic carbocycles. The van der Waals surface area contributed by atoms with Crippen LogP contribution in [0.25, 0.3) is 0 Å². The van der Waals surface area contributed by atoms with E-state index < -0.39 is 18.1 Å². The zero-order valence-corrected chi connectivity index (χ0v) is 14.5. The molecule has 2 aliphatic rings. The molecule has 4 nitrogen and oxygen atoms in total. The fourth-order valence-corrected chi connectivity index (χ4v) is 3.65. The van der Waals surface area contributed by atoms with Gasteiger partial charge in [-0.2, -0.15) is 13.2 Å². The molecule has 0 bridgehead atoms. The monoisotopic (exact) mass is 374 g/mol. The van der Waals surface area contributed by atoms with E-state index in [1.165, 1.54) is 25.3 Å². The van der Waals surface area contributed by atoms with E-state index in [-0.39, 0.29) is 24.4 Å². The van der Waals surface area contributed by atoms with Crippen LogP contribution in [0.3, 0.4) is 0 Å². The molecular formula is C18H22F4N2O2. The van der Waals surface area contributed by atoms with Crippen molar-refractivity contribution in [3.05, 3.63) is 29.6 Å². The van der Waals surface area contributed by atoms with Gasteiger partial charge in [0, 0.05) is 18.7 Å². The smallest absolute Gasteiger partial charge is 0.425 e. The Bertz CT molecular complexity index is 666. The maximum Gasteiger partial charge on any atom is 0.425 e. The van der Waals surface area contributed by atoms with Crippen molar-refractivity contribution in [1.82, 2.24) is 10.6 Å². The van der Waals surface area contributed by atoms with Crippen molar-refractivity contribution >= 4 is 6.03 Å². The van der Waals surface area contributed by atoms with Gasteiger partial charge in [0.2, 0.25) is 0 Å². The second-order valence-corrected chi connectivity index (χ2v) is 7.38. The van der Waals surface area contributed by atoms with Gasteiger partial charge in [-0.05, 0) is 55.7 Å². The molecule has 8 heteroatoms. The quantitative estimate of drug-likeness (QED) is 0.756. The third-order valence-corrected chi connectivity index (χ3v) is 5.27. The zero-order valence-electron chi connectivity index (χ0n) is 14.5. The summed E-state index contributed by atoms with van der Waals surface area (Å²) in [4.78, 5) is 11.9. The third-order valence-electron chi connectivity index (χ3n) is 5.27. The van der Waals surface area contributed by atoms with Crippen LogP contribution < -0.4 is 15.4 Å². The van der Waals surface area contributed by atoms with Gasteiger partial charge in [-0.3, -0.25) is 0 Å². The second kappa shape index (κ2) is 6.96. The summed E-state index contributed by atoms with van der Waals surface area (Å²) in [5, 5.41) is 5.47. The first kappa shape index (κ1) is 18.8. The molecule has 1 spiro atoms. The zero-order chi connectivity index (χ0) is 18.9. The molecule has 2 fully saturated rings. The standard InChI is InChI=1S/C18H22F4N2O2/c1-11(18(20,21)22)26-15-6-12(5-13(19)7-15)10-23-16(25)24-14-8-17(9-14)3-2-4-17/h5-7,11,14H,2-4,8-10H2,1H3,(H2,23,24,25). The molecule has 2 saturated carbocycles. The van der Waals surface area contributed by atoms with E-state index in [9.17, 15) is 22.4 Å². The van der Waals surface area contributed by atoms with Crippen molar-refractivity contribution in [3.8, 4) is 5.75 Å². The number of amides is 2.